The molecular formula is C35H39N3O3. The van der Waals surface area contributed by atoms with Crippen LogP contribution in [0.4, 0.5) is 22.7 Å². The molecule has 0 bridgehead atoms. The van der Waals surface area contributed by atoms with E-state index in [9.17, 15) is 9.90 Å². The number of hydrogen-bond donors (Lipinski definition) is 2. The van der Waals surface area contributed by atoms with Gasteiger partial charge in [0.05, 0.1) is 11.3 Å². The minimum absolute atomic E-state index is 0.203. The fraction of sp³-hybridized carbons (Fsp3) is 0.457. The van der Waals surface area contributed by atoms with E-state index in [0.29, 0.717) is 28.9 Å². The van der Waals surface area contributed by atoms with Gasteiger partial charge in [-0.2, -0.15) is 0 Å². The summed E-state index contributed by atoms with van der Waals surface area (Å²) in [7, 11) is 2.10. The second-order valence-electron chi connectivity index (χ2n) is 13.2. The Morgan fingerprint density at radius 1 is 0.951 bits per heavy atom. The van der Waals surface area contributed by atoms with Gasteiger partial charge in [0.2, 0.25) is 0 Å². The van der Waals surface area contributed by atoms with Crippen LogP contribution in [-0.2, 0) is 5.41 Å². The van der Waals surface area contributed by atoms with E-state index >= 15 is 0 Å². The Balaban J connectivity index is 0.918. The Bertz CT molecular complexity index is 1450. The van der Waals surface area contributed by atoms with Gasteiger partial charge in [0, 0.05) is 36.1 Å². The molecule has 4 saturated carbocycles. The summed E-state index contributed by atoms with van der Waals surface area (Å²) in [5, 5.41) is 13.1. The van der Waals surface area contributed by atoms with Gasteiger partial charge in [-0.15, -0.1) is 0 Å². The molecule has 1 spiro atoms. The standard InChI is InChI=1S/C35H39N3O3/c1-37(28-8-4-23(5-9-28)34-21-25-18-24-19-26(22-34)35(24,25)34)29-10-6-27(7-11-29)36-32-13-12-30(20-31(32)33(39)40)41-17-16-38-14-2-3-15-38/h4-13,20,24-26,36H,2-3,14-19,21-22H2,1H3,(H,39,40). The average molecular weight is 550 g/mol. The monoisotopic (exact) mass is 549 g/mol. The molecule has 41 heavy (non-hydrogen) atoms. The molecule has 5 fully saturated rings. The Hall–Kier alpha value is -3.51. The molecule has 2 unspecified atom stereocenters. The highest BCUT2D eigenvalue weighted by Crippen LogP contribution is 2.92. The smallest absolute Gasteiger partial charge is 0.337 e. The topological polar surface area (TPSA) is 65.0 Å². The second kappa shape index (κ2) is 9.25. The largest absolute Gasteiger partial charge is 0.492 e. The number of carboxylic acids is 1. The van der Waals surface area contributed by atoms with E-state index in [-0.39, 0.29) is 5.56 Å². The lowest BCUT2D eigenvalue weighted by atomic mass is 9.12. The van der Waals surface area contributed by atoms with Gasteiger partial charge in [0.25, 0.3) is 0 Å². The maximum atomic E-state index is 12.0. The first-order valence-corrected chi connectivity index (χ1v) is 15.4. The first-order chi connectivity index (χ1) is 20.0. The Morgan fingerprint density at radius 3 is 2.22 bits per heavy atom. The van der Waals surface area contributed by atoms with Crippen molar-refractivity contribution in [1.82, 2.24) is 4.90 Å². The molecule has 5 aliphatic rings. The van der Waals surface area contributed by atoms with Gasteiger partial charge in [0.1, 0.15) is 12.4 Å². The van der Waals surface area contributed by atoms with Crippen LogP contribution in [0.15, 0.2) is 66.7 Å². The number of carboxylic acid groups (broad SMARTS) is 1. The van der Waals surface area contributed by atoms with Gasteiger partial charge >= 0.3 is 5.97 Å². The maximum Gasteiger partial charge on any atom is 0.337 e. The molecule has 1 saturated heterocycles. The van der Waals surface area contributed by atoms with Crippen LogP contribution >= 0.6 is 0 Å². The van der Waals surface area contributed by atoms with Crippen molar-refractivity contribution in [3.63, 3.8) is 0 Å². The second-order valence-corrected chi connectivity index (χ2v) is 13.2. The molecular weight excluding hydrogens is 510 g/mol. The quantitative estimate of drug-likeness (QED) is 0.282. The molecule has 2 N–H and O–H groups in total. The number of nitrogens with zero attached hydrogens (tertiary/aromatic N) is 2. The van der Waals surface area contributed by atoms with E-state index in [4.69, 9.17) is 4.74 Å². The van der Waals surface area contributed by atoms with Crippen molar-refractivity contribution in [3.05, 3.63) is 77.9 Å². The molecule has 2 atom stereocenters. The van der Waals surface area contributed by atoms with E-state index in [1.54, 1.807) is 17.7 Å². The molecule has 3 aromatic rings. The van der Waals surface area contributed by atoms with E-state index < -0.39 is 5.97 Å². The highest BCUT2D eigenvalue weighted by molar-refractivity contribution is 5.95. The number of benzene rings is 3. The van der Waals surface area contributed by atoms with E-state index in [1.807, 2.05) is 18.2 Å². The number of likely N-dealkylation sites (tertiary alicyclic amines) is 1. The zero-order valence-electron chi connectivity index (χ0n) is 23.8. The highest BCUT2D eigenvalue weighted by atomic mass is 16.5. The van der Waals surface area contributed by atoms with Crippen LogP contribution in [-0.4, -0.2) is 49.3 Å². The third kappa shape index (κ3) is 3.62. The zero-order chi connectivity index (χ0) is 27.8. The van der Waals surface area contributed by atoms with Crippen LogP contribution in [0.5, 0.6) is 5.75 Å². The average Bonchev–Trinajstić information content (AvgIpc) is 3.46. The predicted molar refractivity (Wildman–Crippen MR) is 162 cm³/mol. The molecule has 0 aromatic heterocycles. The van der Waals surface area contributed by atoms with E-state index in [0.717, 1.165) is 48.8 Å². The maximum absolute atomic E-state index is 12.0. The number of aromatic carboxylic acids is 1. The lowest BCUT2D eigenvalue weighted by Gasteiger charge is -2.91. The molecule has 212 valence electrons. The summed E-state index contributed by atoms with van der Waals surface area (Å²) in [6, 6.07) is 22.8. The summed E-state index contributed by atoms with van der Waals surface area (Å²) in [6.45, 7) is 3.67. The Morgan fingerprint density at radius 2 is 1.61 bits per heavy atom. The first kappa shape index (κ1) is 25.2. The zero-order valence-corrected chi connectivity index (χ0v) is 23.8. The third-order valence-corrected chi connectivity index (χ3v) is 11.6. The molecule has 4 aliphatic carbocycles. The van der Waals surface area contributed by atoms with Crippen molar-refractivity contribution in [3.8, 4) is 5.75 Å². The summed E-state index contributed by atoms with van der Waals surface area (Å²) in [6.07, 6.45) is 8.33. The first-order valence-electron chi connectivity index (χ1n) is 15.4. The van der Waals surface area contributed by atoms with Crippen LogP contribution in [0.25, 0.3) is 0 Å². The number of anilines is 4. The van der Waals surface area contributed by atoms with Gasteiger partial charge in [-0.1, -0.05) is 12.1 Å². The van der Waals surface area contributed by atoms with Gasteiger partial charge < -0.3 is 20.1 Å². The predicted octanol–water partition coefficient (Wildman–Crippen LogP) is 7.06. The number of ether oxygens (including phenoxy) is 1. The van der Waals surface area contributed by atoms with Crippen molar-refractivity contribution in [2.24, 2.45) is 23.2 Å². The van der Waals surface area contributed by atoms with Crippen molar-refractivity contribution in [1.29, 1.82) is 0 Å². The highest BCUT2D eigenvalue weighted by Gasteiger charge is 2.87. The molecule has 0 amide bonds. The lowest BCUT2D eigenvalue weighted by Crippen LogP contribution is -2.87. The molecule has 1 aliphatic heterocycles. The summed E-state index contributed by atoms with van der Waals surface area (Å²) in [4.78, 5) is 16.6. The fourth-order valence-electron chi connectivity index (χ4n) is 9.70. The van der Waals surface area contributed by atoms with Gasteiger partial charge in [0.15, 0.2) is 0 Å². The Kier molecular flexibility index (Phi) is 5.69. The van der Waals surface area contributed by atoms with Crippen molar-refractivity contribution in [2.45, 2.75) is 43.9 Å². The van der Waals surface area contributed by atoms with E-state index in [1.165, 1.54) is 44.2 Å². The van der Waals surface area contributed by atoms with Gasteiger partial charge in [-0.25, -0.2) is 4.79 Å². The number of nitrogens with one attached hydrogen (secondary N) is 1. The summed E-state index contributed by atoms with van der Waals surface area (Å²) < 4.78 is 5.87. The van der Waals surface area contributed by atoms with Crippen LogP contribution in [0.1, 0.15) is 54.4 Å². The molecule has 0 radical (unpaired) electrons. The summed E-state index contributed by atoms with van der Waals surface area (Å²) >= 11 is 0. The van der Waals surface area contributed by atoms with Crippen LogP contribution in [0.3, 0.4) is 0 Å². The number of rotatable bonds is 10. The molecule has 3 aromatic carbocycles. The molecule has 6 heteroatoms. The SMILES string of the molecule is CN(c1ccc(Nc2ccc(OCCN3CCCC3)cc2C(=O)O)cc1)c1ccc(C23CC4CC5CC(C2)C543)cc1. The minimum atomic E-state index is -0.976. The van der Waals surface area contributed by atoms with Crippen LogP contribution in [0.2, 0.25) is 0 Å². The van der Waals surface area contributed by atoms with Crippen molar-refractivity contribution >= 4 is 28.7 Å². The van der Waals surface area contributed by atoms with E-state index in [2.05, 4.69) is 58.6 Å². The third-order valence-electron chi connectivity index (χ3n) is 11.6. The summed E-state index contributed by atoms with van der Waals surface area (Å²) in [5.41, 5.74) is 6.66. The van der Waals surface area contributed by atoms with Crippen molar-refractivity contribution < 1.29 is 14.6 Å². The summed E-state index contributed by atoms with van der Waals surface area (Å²) in [5.74, 6) is 2.69. The minimum Gasteiger partial charge on any atom is -0.492 e. The number of hydrogen-bond acceptors (Lipinski definition) is 5. The Labute approximate surface area is 242 Å². The van der Waals surface area contributed by atoms with Gasteiger partial charge in [-0.3, -0.25) is 4.90 Å². The molecule has 6 nitrogen and oxygen atoms in total. The van der Waals surface area contributed by atoms with Crippen LogP contribution < -0.4 is 15.0 Å². The fourth-order valence-corrected chi connectivity index (χ4v) is 9.70. The lowest BCUT2D eigenvalue weighted by molar-refractivity contribution is -0.395. The van der Waals surface area contributed by atoms with Crippen LogP contribution in [0, 0.1) is 23.2 Å². The normalized spacial score (nSPS) is 30.5. The van der Waals surface area contributed by atoms with Gasteiger partial charge in [-0.05, 0) is 135 Å². The van der Waals surface area contributed by atoms with Crippen molar-refractivity contribution in [2.75, 3.05) is 43.5 Å². The molecule has 8 rings (SSSR count). The number of carbonyl (C=O) groups is 1. The molecule has 1 heterocycles.